The maximum atomic E-state index is 11.3. The summed E-state index contributed by atoms with van der Waals surface area (Å²) >= 11 is 4.76. The van der Waals surface area contributed by atoms with Crippen LogP contribution in [0.4, 0.5) is 0 Å². The Bertz CT molecular complexity index is 799. The van der Waals surface area contributed by atoms with Gasteiger partial charge in [-0.2, -0.15) is 5.10 Å². The molecule has 0 bridgehead atoms. The molecule has 0 saturated carbocycles. The van der Waals surface area contributed by atoms with Crippen LogP contribution in [0.15, 0.2) is 23.5 Å². The van der Waals surface area contributed by atoms with E-state index in [2.05, 4.69) is 25.3 Å². The largest absolute Gasteiger partial charge is 0.387 e. The van der Waals surface area contributed by atoms with Crippen LogP contribution in [-0.4, -0.2) is 39.3 Å². The van der Waals surface area contributed by atoms with Gasteiger partial charge in [0.2, 0.25) is 5.82 Å². The third-order valence-electron chi connectivity index (χ3n) is 2.24. The van der Waals surface area contributed by atoms with E-state index >= 15 is 0 Å². The van der Waals surface area contributed by atoms with Crippen LogP contribution in [0, 0.1) is 0 Å². The van der Waals surface area contributed by atoms with Crippen molar-refractivity contribution in [2.24, 2.45) is 5.73 Å². The molecule has 3 aromatic rings. The summed E-state index contributed by atoms with van der Waals surface area (Å²) in [7, 11) is 0. The average Bonchev–Trinajstić information content (AvgIpc) is 2.96. The fourth-order valence-corrected chi connectivity index (χ4v) is 1.51. The van der Waals surface area contributed by atoms with Gasteiger partial charge in [-0.05, 0) is 0 Å². The molecule has 0 unspecified atom stereocenters. The van der Waals surface area contributed by atoms with E-state index in [-0.39, 0.29) is 16.5 Å². The fraction of sp³-hybridized carbons (Fsp3) is 0. The molecular weight excluding hydrogens is 256 g/mol. The quantitative estimate of drug-likeness (QED) is 0.547. The van der Waals surface area contributed by atoms with Crippen LogP contribution >= 0.6 is 12.2 Å². The highest BCUT2D eigenvalue weighted by Gasteiger charge is 2.08. The molecule has 0 spiro atoms. The van der Waals surface area contributed by atoms with Crippen LogP contribution < -0.4 is 11.4 Å². The summed E-state index contributed by atoms with van der Waals surface area (Å²) in [4.78, 5) is 19.3. The molecule has 18 heavy (non-hydrogen) atoms. The molecule has 0 radical (unpaired) electrons. The molecular formula is C8H6N8OS. The Kier molecular flexibility index (Phi) is 2.16. The second kappa shape index (κ2) is 3.70. The summed E-state index contributed by atoms with van der Waals surface area (Å²) in [5.41, 5.74) is 5.48. The first-order valence-corrected chi connectivity index (χ1v) is 5.20. The normalized spacial score (nSPS) is 10.9. The molecule has 90 valence electrons. The van der Waals surface area contributed by atoms with Gasteiger partial charge in [0, 0.05) is 6.07 Å². The molecule has 0 fully saturated rings. The number of aromatic nitrogens is 7. The Balaban J connectivity index is 2.13. The summed E-state index contributed by atoms with van der Waals surface area (Å²) in [6.07, 6.45) is 2.77. The summed E-state index contributed by atoms with van der Waals surface area (Å²) in [6, 6.07) is 1.58. The number of H-pyrrole nitrogens is 1. The Morgan fingerprint density at radius 3 is 2.94 bits per heavy atom. The lowest BCUT2D eigenvalue weighted by molar-refractivity contribution is 0.830. The first-order chi connectivity index (χ1) is 8.65. The second-order valence-electron chi connectivity index (χ2n) is 3.38. The molecule has 3 heterocycles. The molecule has 0 amide bonds. The molecule has 0 aliphatic heterocycles. The lowest BCUT2D eigenvalue weighted by Crippen LogP contribution is -2.13. The smallest absolute Gasteiger partial charge is 0.348 e. The van der Waals surface area contributed by atoms with Crippen molar-refractivity contribution < 1.29 is 0 Å². The first kappa shape index (κ1) is 10.5. The zero-order valence-electron chi connectivity index (χ0n) is 8.81. The molecule has 0 saturated heterocycles. The number of nitrogens with zero attached hydrogens (tertiary/aromatic N) is 6. The van der Waals surface area contributed by atoms with Crippen LogP contribution in [0.25, 0.3) is 11.5 Å². The highest BCUT2D eigenvalue weighted by molar-refractivity contribution is 7.80. The summed E-state index contributed by atoms with van der Waals surface area (Å²) in [5, 5.41) is 10.2. The SMILES string of the molecule is NC(=S)c1ncn(-c2cc3n[nH]c(=O)n3cn2)n1. The predicted molar refractivity (Wildman–Crippen MR) is 64.4 cm³/mol. The Morgan fingerprint density at radius 2 is 2.22 bits per heavy atom. The number of nitrogens with two attached hydrogens (primary N) is 1. The molecule has 0 aliphatic carbocycles. The topological polar surface area (TPSA) is 120 Å². The number of rotatable bonds is 2. The monoisotopic (exact) mass is 262 g/mol. The van der Waals surface area contributed by atoms with Gasteiger partial charge < -0.3 is 5.73 Å². The average molecular weight is 262 g/mol. The number of thiocarbonyl (C=S) groups is 1. The first-order valence-electron chi connectivity index (χ1n) is 4.80. The van der Waals surface area contributed by atoms with E-state index in [1.807, 2.05) is 0 Å². The van der Waals surface area contributed by atoms with Gasteiger partial charge in [0.15, 0.2) is 11.5 Å². The standard InChI is InChI=1S/C8H6N8OS/c9-6(18)7-11-3-16(14-7)4-1-5-12-13-8(17)15(5)2-10-4/h1-3H,(H2,9,18)(H,13,17). The predicted octanol–water partition coefficient (Wildman–Crippen LogP) is -1.37. The highest BCUT2D eigenvalue weighted by Crippen LogP contribution is 2.04. The molecule has 0 aromatic carbocycles. The van der Waals surface area contributed by atoms with Crippen molar-refractivity contribution in [3.8, 4) is 5.82 Å². The fourth-order valence-electron chi connectivity index (χ4n) is 1.41. The van der Waals surface area contributed by atoms with Gasteiger partial charge in [0.1, 0.15) is 17.6 Å². The minimum absolute atomic E-state index is 0.103. The van der Waals surface area contributed by atoms with Gasteiger partial charge in [0.05, 0.1) is 0 Å². The molecule has 3 rings (SSSR count). The maximum Gasteiger partial charge on any atom is 0.348 e. The van der Waals surface area contributed by atoms with Crippen molar-refractivity contribution in [3.63, 3.8) is 0 Å². The molecule has 0 atom stereocenters. The van der Waals surface area contributed by atoms with Crippen LogP contribution in [0.3, 0.4) is 0 Å². The van der Waals surface area contributed by atoms with Gasteiger partial charge >= 0.3 is 5.69 Å². The van der Waals surface area contributed by atoms with Gasteiger partial charge in [-0.25, -0.2) is 28.9 Å². The van der Waals surface area contributed by atoms with Crippen molar-refractivity contribution in [3.05, 3.63) is 35.0 Å². The molecule has 10 heteroatoms. The van der Waals surface area contributed by atoms with Crippen LogP contribution in [-0.2, 0) is 0 Å². The summed E-state index contributed by atoms with van der Waals surface area (Å²) in [5.74, 6) is 0.711. The van der Waals surface area contributed by atoms with E-state index in [1.54, 1.807) is 6.07 Å². The summed E-state index contributed by atoms with van der Waals surface area (Å²) < 4.78 is 2.67. The number of aromatic amines is 1. The van der Waals surface area contributed by atoms with Crippen LogP contribution in [0.2, 0.25) is 0 Å². The van der Waals surface area contributed by atoms with Crippen molar-refractivity contribution in [2.45, 2.75) is 0 Å². The molecule has 9 nitrogen and oxygen atoms in total. The molecule has 3 aromatic heterocycles. The third-order valence-corrected chi connectivity index (χ3v) is 2.42. The van der Waals surface area contributed by atoms with Crippen molar-refractivity contribution in [2.75, 3.05) is 0 Å². The lowest BCUT2D eigenvalue weighted by atomic mass is 10.5. The van der Waals surface area contributed by atoms with E-state index in [0.29, 0.717) is 11.5 Å². The zero-order chi connectivity index (χ0) is 12.7. The third kappa shape index (κ3) is 1.55. The number of fused-ring (bicyclic) bond motifs is 1. The van der Waals surface area contributed by atoms with E-state index in [9.17, 15) is 4.79 Å². The van der Waals surface area contributed by atoms with Crippen molar-refractivity contribution in [1.82, 2.24) is 34.3 Å². The Morgan fingerprint density at radius 1 is 1.39 bits per heavy atom. The molecule has 0 aliphatic rings. The van der Waals surface area contributed by atoms with Crippen LogP contribution in [0.1, 0.15) is 5.82 Å². The number of hydrogen-bond donors (Lipinski definition) is 2. The van der Waals surface area contributed by atoms with E-state index in [0.717, 1.165) is 0 Å². The van der Waals surface area contributed by atoms with E-state index in [4.69, 9.17) is 18.0 Å². The minimum atomic E-state index is -0.355. The van der Waals surface area contributed by atoms with Gasteiger partial charge in [-0.3, -0.25) is 0 Å². The molecule has 3 N–H and O–H groups in total. The van der Waals surface area contributed by atoms with Gasteiger partial charge in [0.25, 0.3) is 0 Å². The number of hydrogen-bond acceptors (Lipinski definition) is 6. The second-order valence-corrected chi connectivity index (χ2v) is 3.82. The highest BCUT2D eigenvalue weighted by atomic mass is 32.1. The summed E-state index contributed by atoms with van der Waals surface area (Å²) in [6.45, 7) is 0. The van der Waals surface area contributed by atoms with Crippen molar-refractivity contribution in [1.29, 1.82) is 0 Å². The lowest BCUT2D eigenvalue weighted by Gasteiger charge is -1.98. The van der Waals surface area contributed by atoms with Gasteiger partial charge in [-0.15, -0.1) is 5.10 Å². The van der Waals surface area contributed by atoms with E-state index < -0.39 is 0 Å². The van der Waals surface area contributed by atoms with E-state index in [1.165, 1.54) is 21.7 Å². The Labute approximate surface area is 104 Å². The van der Waals surface area contributed by atoms with Gasteiger partial charge in [-0.1, -0.05) is 12.2 Å². The van der Waals surface area contributed by atoms with Crippen molar-refractivity contribution >= 4 is 22.9 Å². The van der Waals surface area contributed by atoms with Crippen LogP contribution in [0.5, 0.6) is 0 Å². The Hall–Kier alpha value is -2.62. The minimum Gasteiger partial charge on any atom is -0.387 e. The maximum absolute atomic E-state index is 11.3. The zero-order valence-corrected chi connectivity index (χ0v) is 9.63. The number of nitrogens with one attached hydrogen (secondary N) is 1.